The Hall–Kier alpha value is -2.97. The van der Waals surface area contributed by atoms with Crippen LogP contribution in [0.15, 0.2) is 18.5 Å². The van der Waals surface area contributed by atoms with Gasteiger partial charge in [0, 0.05) is 13.0 Å². The standard InChI is InChI=1S/C11H9N5O4/c17-8-1-2-15(11(20)13-8)9-4-6(10(18)19)3-7-14-12-5-16(7)9/h3-5H,1-2H2,(H,18,19)(H,13,17,20). The first kappa shape index (κ1) is 12.1. The third-order valence-corrected chi connectivity index (χ3v) is 2.97. The van der Waals surface area contributed by atoms with Gasteiger partial charge in [-0.25, -0.2) is 9.59 Å². The zero-order valence-corrected chi connectivity index (χ0v) is 10.1. The molecule has 0 spiro atoms. The second-order valence-corrected chi connectivity index (χ2v) is 4.22. The molecule has 0 unspecified atom stereocenters. The zero-order valence-electron chi connectivity index (χ0n) is 10.1. The smallest absolute Gasteiger partial charge is 0.335 e. The molecule has 3 amide bonds. The number of rotatable bonds is 2. The first-order valence-corrected chi connectivity index (χ1v) is 5.74. The molecule has 3 rings (SSSR count). The van der Waals surface area contributed by atoms with Crippen molar-refractivity contribution < 1.29 is 19.5 Å². The molecule has 1 saturated heterocycles. The van der Waals surface area contributed by atoms with Gasteiger partial charge >= 0.3 is 12.0 Å². The van der Waals surface area contributed by atoms with Gasteiger partial charge in [0.15, 0.2) is 5.65 Å². The van der Waals surface area contributed by atoms with Crippen LogP contribution in [0.5, 0.6) is 0 Å². The molecule has 2 N–H and O–H groups in total. The Morgan fingerprint density at radius 1 is 1.35 bits per heavy atom. The zero-order chi connectivity index (χ0) is 14.3. The van der Waals surface area contributed by atoms with E-state index in [1.165, 1.54) is 27.8 Å². The van der Waals surface area contributed by atoms with Crippen molar-refractivity contribution in [2.75, 3.05) is 11.4 Å². The van der Waals surface area contributed by atoms with Crippen LogP contribution < -0.4 is 10.2 Å². The maximum absolute atomic E-state index is 11.8. The number of amides is 3. The molecule has 0 bridgehead atoms. The van der Waals surface area contributed by atoms with Gasteiger partial charge in [0.25, 0.3) is 0 Å². The van der Waals surface area contributed by atoms with E-state index in [2.05, 4.69) is 15.5 Å². The largest absolute Gasteiger partial charge is 0.478 e. The van der Waals surface area contributed by atoms with Crippen LogP contribution in [0.25, 0.3) is 5.65 Å². The third kappa shape index (κ3) is 1.85. The lowest BCUT2D eigenvalue weighted by atomic mass is 10.2. The average molecular weight is 275 g/mol. The number of pyridine rings is 1. The number of urea groups is 1. The van der Waals surface area contributed by atoms with E-state index in [-0.39, 0.29) is 24.4 Å². The maximum Gasteiger partial charge on any atom is 0.335 e. The van der Waals surface area contributed by atoms with Gasteiger partial charge in [-0.05, 0) is 12.1 Å². The maximum atomic E-state index is 11.8. The summed E-state index contributed by atoms with van der Waals surface area (Å²) in [4.78, 5) is 35.4. The van der Waals surface area contributed by atoms with Crippen LogP contribution >= 0.6 is 0 Å². The molecule has 9 nitrogen and oxygen atoms in total. The number of nitrogens with zero attached hydrogens (tertiary/aromatic N) is 4. The van der Waals surface area contributed by atoms with Gasteiger partial charge < -0.3 is 5.11 Å². The highest BCUT2D eigenvalue weighted by Gasteiger charge is 2.27. The monoisotopic (exact) mass is 275 g/mol. The van der Waals surface area contributed by atoms with Crippen LogP contribution in [-0.4, -0.2) is 44.2 Å². The lowest BCUT2D eigenvalue weighted by molar-refractivity contribution is -0.120. The summed E-state index contributed by atoms with van der Waals surface area (Å²) < 4.78 is 1.49. The highest BCUT2D eigenvalue weighted by atomic mass is 16.4. The topological polar surface area (TPSA) is 117 Å². The highest BCUT2D eigenvalue weighted by Crippen LogP contribution is 2.21. The van der Waals surface area contributed by atoms with Gasteiger partial charge in [-0.1, -0.05) is 0 Å². The van der Waals surface area contributed by atoms with Crippen LogP contribution in [0.1, 0.15) is 16.8 Å². The number of hydrogen-bond donors (Lipinski definition) is 2. The van der Waals surface area contributed by atoms with Gasteiger partial charge in [0.2, 0.25) is 5.91 Å². The number of carboxylic acid groups (broad SMARTS) is 1. The minimum absolute atomic E-state index is 0.00907. The van der Waals surface area contributed by atoms with E-state index in [0.717, 1.165) is 0 Å². The molecule has 0 aliphatic carbocycles. The van der Waals surface area contributed by atoms with E-state index in [9.17, 15) is 14.4 Å². The molecule has 0 saturated carbocycles. The molecule has 1 aliphatic heterocycles. The minimum atomic E-state index is -1.13. The molecule has 0 radical (unpaired) electrons. The van der Waals surface area contributed by atoms with Gasteiger partial charge in [0.1, 0.15) is 12.1 Å². The number of anilines is 1. The average Bonchev–Trinajstić information content (AvgIpc) is 2.86. The number of carboxylic acids is 1. The molecular formula is C11H9N5O4. The van der Waals surface area contributed by atoms with Crippen molar-refractivity contribution in [3.8, 4) is 0 Å². The molecule has 102 valence electrons. The number of carbonyl (C=O) groups excluding carboxylic acids is 2. The summed E-state index contributed by atoms with van der Waals surface area (Å²) in [7, 11) is 0. The fourth-order valence-electron chi connectivity index (χ4n) is 2.02. The number of aromatic nitrogens is 3. The summed E-state index contributed by atoms with van der Waals surface area (Å²) in [5, 5.41) is 18.7. The van der Waals surface area contributed by atoms with E-state index < -0.39 is 12.0 Å². The lowest BCUT2D eigenvalue weighted by Gasteiger charge is -2.27. The molecule has 2 aromatic rings. The number of nitrogens with one attached hydrogen (secondary N) is 1. The Kier molecular flexibility index (Phi) is 2.60. The summed E-state index contributed by atoms with van der Waals surface area (Å²) in [6, 6.07) is 2.10. The number of imide groups is 1. The van der Waals surface area contributed by atoms with E-state index in [1.807, 2.05) is 0 Å². The van der Waals surface area contributed by atoms with E-state index in [0.29, 0.717) is 11.5 Å². The highest BCUT2D eigenvalue weighted by molar-refractivity contribution is 6.05. The van der Waals surface area contributed by atoms with Crippen molar-refractivity contribution in [3.05, 3.63) is 24.0 Å². The first-order chi connectivity index (χ1) is 9.56. The molecule has 0 aromatic carbocycles. The molecule has 1 aliphatic rings. The summed E-state index contributed by atoms with van der Waals surface area (Å²) in [6.45, 7) is 0.168. The number of hydrogen-bond acceptors (Lipinski definition) is 5. The van der Waals surface area contributed by atoms with E-state index in [4.69, 9.17) is 5.11 Å². The second kappa shape index (κ2) is 4.30. The lowest BCUT2D eigenvalue weighted by Crippen LogP contribution is -2.50. The van der Waals surface area contributed by atoms with Crippen LogP contribution in [0.2, 0.25) is 0 Å². The third-order valence-electron chi connectivity index (χ3n) is 2.97. The predicted octanol–water partition coefficient (Wildman–Crippen LogP) is -0.126. The summed E-state index contributed by atoms with van der Waals surface area (Å²) in [5.74, 6) is -1.19. The molecule has 20 heavy (non-hydrogen) atoms. The Balaban J connectivity index is 2.14. The van der Waals surface area contributed by atoms with E-state index >= 15 is 0 Å². The van der Waals surface area contributed by atoms with Crippen molar-refractivity contribution in [3.63, 3.8) is 0 Å². The number of carbonyl (C=O) groups is 3. The molecule has 9 heteroatoms. The Bertz CT molecular complexity index is 737. The Labute approximate surface area is 111 Å². The van der Waals surface area contributed by atoms with Crippen molar-refractivity contribution >= 4 is 29.4 Å². The molecule has 2 aromatic heterocycles. The van der Waals surface area contributed by atoms with Gasteiger partial charge in [0.05, 0.1) is 5.56 Å². The minimum Gasteiger partial charge on any atom is -0.478 e. The Morgan fingerprint density at radius 3 is 2.85 bits per heavy atom. The fraction of sp³-hybridized carbons (Fsp3) is 0.182. The van der Waals surface area contributed by atoms with E-state index in [1.54, 1.807) is 0 Å². The van der Waals surface area contributed by atoms with Crippen LogP contribution in [-0.2, 0) is 4.79 Å². The van der Waals surface area contributed by atoms with Crippen LogP contribution in [0.3, 0.4) is 0 Å². The SMILES string of the molecule is O=C1CCN(c2cc(C(=O)O)cc3nncn23)C(=O)N1. The second-order valence-electron chi connectivity index (χ2n) is 4.22. The van der Waals surface area contributed by atoms with Crippen molar-refractivity contribution in [2.24, 2.45) is 0 Å². The van der Waals surface area contributed by atoms with Crippen LogP contribution in [0.4, 0.5) is 10.6 Å². The molecule has 1 fully saturated rings. The fourth-order valence-corrected chi connectivity index (χ4v) is 2.02. The quantitative estimate of drug-likeness (QED) is 0.788. The van der Waals surface area contributed by atoms with Crippen molar-refractivity contribution in [1.29, 1.82) is 0 Å². The van der Waals surface area contributed by atoms with Crippen molar-refractivity contribution in [2.45, 2.75) is 6.42 Å². The van der Waals surface area contributed by atoms with Crippen molar-refractivity contribution in [1.82, 2.24) is 19.9 Å². The molecular weight excluding hydrogens is 266 g/mol. The summed E-state index contributed by atoms with van der Waals surface area (Å²) >= 11 is 0. The summed E-state index contributed by atoms with van der Waals surface area (Å²) in [6.07, 6.45) is 1.52. The van der Waals surface area contributed by atoms with Crippen LogP contribution in [0, 0.1) is 0 Å². The number of fused-ring (bicyclic) bond motifs is 1. The normalized spacial score (nSPS) is 15.5. The van der Waals surface area contributed by atoms with Gasteiger partial charge in [-0.15, -0.1) is 10.2 Å². The predicted molar refractivity (Wildman–Crippen MR) is 65.4 cm³/mol. The van der Waals surface area contributed by atoms with Gasteiger partial charge in [-0.3, -0.25) is 19.4 Å². The number of aromatic carboxylic acids is 1. The Morgan fingerprint density at radius 2 is 2.15 bits per heavy atom. The summed E-state index contributed by atoms with van der Waals surface area (Å²) in [5.41, 5.74) is 0.301. The molecule has 3 heterocycles. The molecule has 0 atom stereocenters. The first-order valence-electron chi connectivity index (χ1n) is 5.74. The van der Waals surface area contributed by atoms with Gasteiger partial charge in [-0.2, -0.15) is 0 Å².